The SMILES string of the molecule is CC(=O)Nc1ccc(CCC(O)(c2ccccc2)C2CN3CCC2CC3)cc1. The Morgan fingerprint density at radius 1 is 1.11 bits per heavy atom. The molecule has 3 heterocycles. The fraction of sp³-hybridized carbons (Fsp3) is 0.458. The van der Waals surface area contributed by atoms with Gasteiger partial charge in [0.2, 0.25) is 5.91 Å². The number of piperidine rings is 3. The molecule has 0 aliphatic carbocycles. The first-order chi connectivity index (χ1) is 13.5. The Labute approximate surface area is 167 Å². The maximum Gasteiger partial charge on any atom is 0.221 e. The van der Waals surface area contributed by atoms with E-state index in [1.54, 1.807) is 0 Å². The van der Waals surface area contributed by atoms with Gasteiger partial charge in [0.05, 0.1) is 5.60 Å². The summed E-state index contributed by atoms with van der Waals surface area (Å²) in [6.07, 6.45) is 3.93. The number of fused-ring (bicyclic) bond motifs is 3. The zero-order valence-electron chi connectivity index (χ0n) is 16.6. The maximum absolute atomic E-state index is 12.0. The molecule has 3 saturated heterocycles. The van der Waals surface area contributed by atoms with Crippen molar-refractivity contribution in [3.05, 3.63) is 65.7 Å². The number of rotatable bonds is 6. The summed E-state index contributed by atoms with van der Waals surface area (Å²) in [5.74, 6) is 0.835. The first-order valence-corrected chi connectivity index (χ1v) is 10.4. The molecule has 3 aliphatic heterocycles. The molecule has 148 valence electrons. The Bertz CT molecular complexity index is 797. The lowest BCUT2D eigenvalue weighted by molar-refractivity contribution is -0.114. The highest BCUT2D eigenvalue weighted by molar-refractivity contribution is 5.88. The van der Waals surface area contributed by atoms with Crippen molar-refractivity contribution in [2.24, 2.45) is 11.8 Å². The lowest BCUT2D eigenvalue weighted by atomic mass is 9.66. The molecule has 0 radical (unpaired) electrons. The second-order valence-electron chi connectivity index (χ2n) is 8.41. The van der Waals surface area contributed by atoms with Crippen molar-refractivity contribution >= 4 is 11.6 Å². The Hall–Kier alpha value is -2.17. The van der Waals surface area contributed by atoms with E-state index in [9.17, 15) is 9.90 Å². The zero-order valence-corrected chi connectivity index (χ0v) is 16.6. The first-order valence-electron chi connectivity index (χ1n) is 10.4. The maximum atomic E-state index is 12.0. The largest absolute Gasteiger partial charge is 0.385 e. The summed E-state index contributed by atoms with van der Waals surface area (Å²) in [5, 5.41) is 14.8. The highest BCUT2D eigenvalue weighted by Gasteiger charge is 2.47. The van der Waals surface area contributed by atoms with E-state index in [1.165, 1.54) is 38.4 Å². The number of carbonyl (C=O) groups is 1. The van der Waals surface area contributed by atoms with Crippen molar-refractivity contribution in [1.29, 1.82) is 0 Å². The summed E-state index contributed by atoms with van der Waals surface area (Å²) in [6, 6.07) is 18.2. The Morgan fingerprint density at radius 2 is 1.79 bits per heavy atom. The van der Waals surface area contributed by atoms with Gasteiger partial charge in [-0.3, -0.25) is 4.79 Å². The van der Waals surface area contributed by atoms with Gasteiger partial charge in [0.15, 0.2) is 0 Å². The summed E-state index contributed by atoms with van der Waals surface area (Å²) in [4.78, 5) is 13.7. The van der Waals surface area contributed by atoms with Crippen LogP contribution in [-0.2, 0) is 16.8 Å². The third-order valence-corrected chi connectivity index (χ3v) is 6.61. The van der Waals surface area contributed by atoms with Gasteiger partial charge < -0.3 is 15.3 Å². The normalized spacial score (nSPS) is 25.9. The second-order valence-corrected chi connectivity index (χ2v) is 8.41. The third kappa shape index (κ3) is 3.98. The van der Waals surface area contributed by atoms with E-state index in [-0.39, 0.29) is 11.8 Å². The summed E-state index contributed by atoms with van der Waals surface area (Å²) in [7, 11) is 0. The van der Waals surface area contributed by atoms with Gasteiger partial charge in [-0.1, -0.05) is 42.5 Å². The van der Waals surface area contributed by atoms with E-state index in [1.807, 2.05) is 42.5 Å². The molecule has 0 saturated carbocycles. The van der Waals surface area contributed by atoms with Crippen LogP contribution in [0.5, 0.6) is 0 Å². The molecule has 4 heteroatoms. The van der Waals surface area contributed by atoms with Gasteiger partial charge in [-0.25, -0.2) is 0 Å². The van der Waals surface area contributed by atoms with Crippen LogP contribution >= 0.6 is 0 Å². The lowest BCUT2D eigenvalue weighted by Gasteiger charge is -2.51. The average Bonchev–Trinajstić information content (AvgIpc) is 2.74. The number of hydrogen-bond donors (Lipinski definition) is 2. The van der Waals surface area contributed by atoms with Gasteiger partial charge in [0, 0.05) is 25.1 Å². The number of anilines is 1. The minimum Gasteiger partial charge on any atom is -0.385 e. The van der Waals surface area contributed by atoms with E-state index in [0.29, 0.717) is 12.3 Å². The molecule has 0 spiro atoms. The number of carbonyl (C=O) groups excluding carboxylic acids is 1. The lowest BCUT2D eigenvalue weighted by Crippen LogP contribution is -2.55. The number of nitrogens with zero attached hydrogens (tertiary/aromatic N) is 1. The van der Waals surface area contributed by atoms with Crippen molar-refractivity contribution < 1.29 is 9.90 Å². The fourth-order valence-electron chi connectivity index (χ4n) is 5.07. The molecule has 2 bridgehead atoms. The number of nitrogens with one attached hydrogen (secondary N) is 1. The Morgan fingerprint density at radius 3 is 2.36 bits per heavy atom. The molecule has 0 aromatic heterocycles. The van der Waals surface area contributed by atoms with Crippen LogP contribution in [0.2, 0.25) is 0 Å². The molecule has 2 aromatic rings. The van der Waals surface area contributed by atoms with Gasteiger partial charge in [-0.15, -0.1) is 0 Å². The van der Waals surface area contributed by atoms with Crippen molar-refractivity contribution in [2.75, 3.05) is 25.0 Å². The second kappa shape index (κ2) is 8.06. The minimum absolute atomic E-state index is 0.0615. The number of amides is 1. The van der Waals surface area contributed by atoms with Gasteiger partial charge in [0.1, 0.15) is 0 Å². The molecule has 2 atom stereocenters. The monoisotopic (exact) mass is 378 g/mol. The van der Waals surface area contributed by atoms with Gasteiger partial charge in [-0.05, 0) is 68.0 Å². The summed E-state index contributed by atoms with van der Waals surface area (Å²) in [5.41, 5.74) is 2.24. The van der Waals surface area contributed by atoms with Crippen LogP contribution in [0.3, 0.4) is 0 Å². The van der Waals surface area contributed by atoms with Crippen LogP contribution in [0.1, 0.15) is 37.3 Å². The van der Waals surface area contributed by atoms with Crippen LogP contribution in [0, 0.1) is 11.8 Å². The van der Waals surface area contributed by atoms with E-state index in [4.69, 9.17) is 0 Å². The van der Waals surface area contributed by atoms with E-state index in [2.05, 4.69) is 22.3 Å². The standard InChI is InChI=1S/C24H30N2O2/c1-18(27)25-22-9-7-19(8-10-22)11-14-24(28,21-5-3-2-4-6-21)23-17-26-15-12-20(23)13-16-26/h2-10,20,23,28H,11-17H2,1H3,(H,25,27). The highest BCUT2D eigenvalue weighted by atomic mass is 16.3. The van der Waals surface area contributed by atoms with E-state index >= 15 is 0 Å². The molecule has 1 amide bonds. The molecule has 28 heavy (non-hydrogen) atoms. The summed E-state index contributed by atoms with van der Waals surface area (Å²) in [6.45, 7) is 4.87. The van der Waals surface area contributed by atoms with Gasteiger partial charge >= 0.3 is 0 Å². The van der Waals surface area contributed by atoms with Crippen LogP contribution in [0.4, 0.5) is 5.69 Å². The molecule has 2 N–H and O–H groups in total. The van der Waals surface area contributed by atoms with Crippen molar-refractivity contribution in [2.45, 2.75) is 38.2 Å². The van der Waals surface area contributed by atoms with E-state index in [0.717, 1.165) is 24.2 Å². The van der Waals surface area contributed by atoms with Gasteiger partial charge in [-0.2, -0.15) is 0 Å². The molecule has 4 nitrogen and oxygen atoms in total. The fourth-order valence-corrected chi connectivity index (χ4v) is 5.07. The predicted octanol–water partition coefficient (Wildman–Crippen LogP) is 3.81. The van der Waals surface area contributed by atoms with Crippen LogP contribution in [0.25, 0.3) is 0 Å². The number of aryl methyl sites for hydroxylation is 1. The summed E-state index contributed by atoms with van der Waals surface area (Å²) < 4.78 is 0. The van der Waals surface area contributed by atoms with Crippen LogP contribution in [-0.4, -0.2) is 35.5 Å². The van der Waals surface area contributed by atoms with Crippen molar-refractivity contribution in [3.8, 4) is 0 Å². The smallest absolute Gasteiger partial charge is 0.221 e. The Kier molecular flexibility index (Phi) is 5.51. The van der Waals surface area contributed by atoms with Crippen molar-refractivity contribution in [1.82, 2.24) is 4.90 Å². The number of benzene rings is 2. The molecule has 5 rings (SSSR count). The third-order valence-electron chi connectivity index (χ3n) is 6.61. The average molecular weight is 379 g/mol. The number of aliphatic hydroxyl groups is 1. The zero-order chi connectivity index (χ0) is 19.6. The molecule has 3 fully saturated rings. The molecular formula is C24H30N2O2. The summed E-state index contributed by atoms with van der Waals surface area (Å²) >= 11 is 0. The molecule has 3 aliphatic rings. The molecule has 2 unspecified atom stereocenters. The van der Waals surface area contributed by atoms with E-state index < -0.39 is 5.60 Å². The Balaban J connectivity index is 1.54. The predicted molar refractivity (Wildman–Crippen MR) is 112 cm³/mol. The minimum atomic E-state index is -0.804. The quantitative estimate of drug-likeness (QED) is 0.804. The molecular weight excluding hydrogens is 348 g/mol. The van der Waals surface area contributed by atoms with Gasteiger partial charge in [0.25, 0.3) is 0 Å². The topological polar surface area (TPSA) is 52.6 Å². The highest BCUT2D eigenvalue weighted by Crippen LogP contribution is 2.45. The van der Waals surface area contributed by atoms with Crippen LogP contribution in [0.15, 0.2) is 54.6 Å². The van der Waals surface area contributed by atoms with Crippen molar-refractivity contribution in [3.63, 3.8) is 0 Å². The first kappa shape index (κ1) is 19.2. The van der Waals surface area contributed by atoms with Crippen LogP contribution < -0.4 is 5.32 Å². The number of hydrogen-bond acceptors (Lipinski definition) is 3. The molecule has 2 aromatic carbocycles.